The van der Waals surface area contributed by atoms with Gasteiger partial charge in [-0.3, -0.25) is 10.1 Å². The fourth-order valence-corrected chi connectivity index (χ4v) is 2.74. The van der Waals surface area contributed by atoms with Crippen molar-refractivity contribution >= 4 is 22.9 Å². The molecule has 2 N–H and O–H groups in total. The van der Waals surface area contributed by atoms with Crippen LogP contribution in [0.5, 0.6) is 0 Å². The zero-order valence-corrected chi connectivity index (χ0v) is 12.4. The Morgan fingerprint density at radius 3 is 2.91 bits per heavy atom. The summed E-state index contributed by atoms with van der Waals surface area (Å²) in [5.41, 5.74) is 2.35. The van der Waals surface area contributed by atoms with Crippen LogP contribution in [-0.2, 0) is 0 Å². The van der Waals surface area contributed by atoms with Crippen molar-refractivity contribution < 1.29 is 4.79 Å². The van der Waals surface area contributed by atoms with Gasteiger partial charge in [0.05, 0.1) is 17.1 Å². The first-order valence-electron chi connectivity index (χ1n) is 7.87. The molecule has 0 spiro atoms. The van der Waals surface area contributed by atoms with Gasteiger partial charge in [-0.2, -0.15) is 0 Å². The second-order valence-corrected chi connectivity index (χ2v) is 6.26. The number of hydrogen-bond donors (Lipinski definition) is 2. The lowest BCUT2D eigenvalue weighted by atomic mass is 10.2. The Morgan fingerprint density at radius 1 is 1.26 bits per heavy atom. The molecule has 2 aliphatic carbocycles. The van der Waals surface area contributed by atoms with Gasteiger partial charge in [0.1, 0.15) is 5.82 Å². The minimum absolute atomic E-state index is 0.217. The van der Waals surface area contributed by atoms with E-state index in [9.17, 15) is 4.79 Å². The molecule has 0 unspecified atom stereocenters. The maximum atomic E-state index is 12.4. The molecule has 0 saturated heterocycles. The first-order chi connectivity index (χ1) is 11.3. The van der Waals surface area contributed by atoms with Crippen LogP contribution in [0.2, 0.25) is 0 Å². The van der Waals surface area contributed by atoms with Crippen molar-refractivity contribution in [3.8, 4) is 0 Å². The predicted octanol–water partition coefficient (Wildman–Crippen LogP) is 2.01. The normalized spacial score (nSPS) is 17.6. The molecule has 8 nitrogen and oxygen atoms in total. The highest BCUT2D eigenvalue weighted by atomic mass is 16.1. The molecule has 116 valence electrons. The largest absolute Gasteiger partial charge is 0.342 e. The fourth-order valence-electron chi connectivity index (χ4n) is 2.74. The summed E-state index contributed by atoms with van der Waals surface area (Å²) in [6, 6.07) is 5.79. The fraction of sp³-hybridized carbons (Fsp3) is 0.400. The number of carbonyl (C=O) groups excluding carboxylic acids is 1. The van der Waals surface area contributed by atoms with E-state index in [1.54, 1.807) is 10.7 Å². The number of H-pyrrole nitrogens is 1. The van der Waals surface area contributed by atoms with Gasteiger partial charge in [-0.15, -0.1) is 0 Å². The van der Waals surface area contributed by atoms with Crippen molar-refractivity contribution in [2.75, 3.05) is 5.32 Å². The molecule has 0 radical (unpaired) electrons. The Labute approximate surface area is 131 Å². The van der Waals surface area contributed by atoms with Crippen LogP contribution in [0.4, 0.5) is 5.95 Å². The topological polar surface area (TPSA) is 101 Å². The number of carbonyl (C=O) groups is 1. The van der Waals surface area contributed by atoms with Crippen molar-refractivity contribution in [2.24, 2.45) is 0 Å². The third-order valence-corrected chi connectivity index (χ3v) is 4.34. The lowest BCUT2D eigenvalue weighted by Gasteiger charge is -2.05. The Kier molecular flexibility index (Phi) is 2.55. The van der Waals surface area contributed by atoms with Gasteiger partial charge in [0.2, 0.25) is 5.95 Å². The van der Waals surface area contributed by atoms with Crippen molar-refractivity contribution in [3.05, 3.63) is 29.6 Å². The maximum Gasteiger partial charge on any atom is 0.258 e. The molecule has 2 saturated carbocycles. The molecule has 3 aromatic rings. The zero-order chi connectivity index (χ0) is 15.4. The van der Waals surface area contributed by atoms with E-state index in [0.717, 1.165) is 29.7 Å². The van der Waals surface area contributed by atoms with Crippen molar-refractivity contribution in [3.63, 3.8) is 0 Å². The standard InChI is InChI=1S/C15H15N7O/c23-14(18-15-19-20-21-22(15)10-4-5-10)9-3-6-11-12(7-9)17-13(16-11)8-1-2-8/h3,6-8,10H,1-2,4-5H2,(H,16,17)(H,18,19,21,23). The lowest BCUT2D eigenvalue weighted by Crippen LogP contribution is -2.16. The summed E-state index contributed by atoms with van der Waals surface area (Å²) in [4.78, 5) is 20.3. The molecule has 0 bridgehead atoms. The monoisotopic (exact) mass is 309 g/mol. The smallest absolute Gasteiger partial charge is 0.258 e. The highest BCUT2D eigenvalue weighted by molar-refractivity contribution is 6.05. The number of amides is 1. The van der Waals surface area contributed by atoms with E-state index < -0.39 is 0 Å². The van der Waals surface area contributed by atoms with Crippen LogP contribution in [0.25, 0.3) is 11.0 Å². The highest BCUT2D eigenvalue weighted by Gasteiger charge is 2.29. The molecule has 1 amide bonds. The van der Waals surface area contributed by atoms with Crippen molar-refractivity contribution in [1.29, 1.82) is 0 Å². The first-order valence-corrected chi connectivity index (χ1v) is 7.87. The Morgan fingerprint density at radius 2 is 2.13 bits per heavy atom. The summed E-state index contributed by atoms with van der Waals surface area (Å²) >= 11 is 0. The van der Waals surface area contributed by atoms with Crippen molar-refractivity contribution in [2.45, 2.75) is 37.6 Å². The number of aromatic amines is 1. The Hall–Kier alpha value is -2.77. The third kappa shape index (κ3) is 2.26. The molecule has 0 atom stereocenters. The quantitative estimate of drug-likeness (QED) is 0.767. The summed E-state index contributed by atoms with van der Waals surface area (Å²) in [7, 11) is 0. The number of nitrogens with zero attached hydrogens (tertiary/aromatic N) is 5. The van der Waals surface area contributed by atoms with E-state index in [0.29, 0.717) is 23.5 Å². The number of hydrogen-bond acceptors (Lipinski definition) is 5. The minimum atomic E-state index is -0.217. The van der Waals surface area contributed by atoms with Crippen LogP contribution in [-0.4, -0.2) is 36.1 Å². The van der Waals surface area contributed by atoms with Gasteiger partial charge in [0.15, 0.2) is 0 Å². The molecule has 0 aliphatic heterocycles. The second-order valence-electron chi connectivity index (χ2n) is 6.26. The average Bonchev–Trinajstić information content (AvgIpc) is 3.49. The Bertz CT molecular complexity index is 904. The van der Waals surface area contributed by atoms with Crippen LogP contribution in [0, 0.1) is 0 Å². The van der Waals surface area contributed by atoms with E-state index in [1.165, 1.54) is 12.8 Å². The van der Waals surface area contributed by atoms with Gasteiger partial charge in [-0.25, -0.2) is 9.67 Å². The molecule has 5 rings (SSSR count). The SMILES string of the molecule is O=C(Nc1nnnn1C1CC1)c1ccc2nc(C3CC3)[nH]c2c1. The van der Waals surface area contributed by atoms with Crippen LogP contribution < -0.4 is 5.32 Å². The second kappa shape index (κ2) is 4.61. The van der Waals surface area contributed by atoms with Gasteiger partial charge < -0.3 is 4.98 Å². The molecule has 2 fully saturated rings. The average molecular weight is 309 g/mol. The molecule has 23 heavy (non-hydrogen) atoms. The van der Waals surface area contributed by atoms with Crippen LogP contribution in [0.15, 0.2) is 18.2 Å². The summed E-state index contributed by atoms with van der Waals surface area (Å²) in [6.45, 7) is 0. The number of anilines is 1. The van der Waals surface area contributed by atoms with Crippen LogP contribution in [0.1, 0.15) is 53.8 Å². The number of fused-ring (bicyclic) bond motifs is 1. The summed E-state index contributed by atoms with van der Waals surface area (Å²) < 4.78 is 1.68. The molecule has 1 aromatic carbocycles. The van der Waals surface area contributed by atoms with Crippen molar-refractivity contribution in [1.82, 2.24) is 30.2 Å². The molecule has 2 aliphatic rings. The minimum Gasteiger partial charge on any atom is -0.342 e. The molecule has 8 heteroatoms. The molecular weight excluding hydrogens is 294 g/mol. The van der Waals surface area contributed by atoms with Gasteiger partial charge in [-0.05, 0) is 54.3 Å². The maximum absolute atomic E-state index is 12.4. The van der Waals surface area contributed by atoms with E-state index >= 15 is 0 Å². The number of tetrazole rings is 1. The number of aromatic nitrogens is 6. The predicted molar refractivity (Wildman–Crippen MR) is 82.1 cm³/mol. The van der Waals surface area contributed by atoms with Crippen LogP contribution in [0.3, 0.4) is 0 Å². The number of rotatable bonds is 4. The molecule has 2 heterocycles. The number of benzene rings is 1. The summed E-state index contributed by atoms with van der Waals surface area (Å²) in [5.74, 6) is 1.77. The van der Waals surface area contributed by atoms with E-state index in [4.69, 9.17) is 0 Å². The summed E-state index contributed by atoms with van der Waals surface area (Å²) in [5, 5.41) is 14.2. The molecular formula is C15H15N7O. The van der Waals surface area contributed by atoms with E-state index in [1.807, 2.05) is 12.1 Å². The van der Waals surface area contributed by atoms with Gasteiger partial charge in [0.25, 0.3) is 5.91 Å². The van der Waals surface area contributed by atoms with Gasteiger partial charge in [0, 0.05) is 11.5 Å². The van der Waals surface area contributed by atoms with E-state index in [2.05, 4.69) is 30.8 Å². The number of nitrogens with one attached hydrogen (secondary N) is 2. The van der Waals surface area contributed by atoms with E-state index in [-0.39, 0.29) is 5.91 Å². The highest BCUT2D eigenvalue weighted by Crippen LogP contribution is 2.39. The Balaban J connectivity index is 1.42. The third-order valence-electron chi connectivity index (χ3n) is 4.34. The summed E-state index contributed by atoms with van der Waals surface area (Å²) in [6.07, 6.45) is 4.49. The van der Waals surface area contributed by atoms with Gasteiger partial charge in [-0.1, -0.05) is 5.10 Å². The first kappa shape index (κ1) is 12.7. The van der Waals surface area contributed by atoms with Gasteiger partial charge >= 0.3 is 0 Å². The molecule has 2 aromatic heterocycles. The zero-order valence-electron chi connectivity index (χ0n) is 12.4. The van der Waals surface area contributed by atoms with Crippen LogP contribution >= 0.6 is 0 Å². The number of imidazole rings is 1. The lowest BCUT2D eigenvalue weighted by molar-refractivity contribution is 0.102.